The Bertz CT molecular complexity index is 861. The number of benzene rings is 1. The molecule has 1 aromatic rings. The molecular weight excluding hydrogens is 419 g/mol. The molecule has 1 aliphatic heterocycles. The van der Waals surface area contributed by atoms with E-state index in [2.05, 4.69) is 5.32 Å². The van der Waals surface area contributed by atoms with Crippen LogP contribution in [-0.4, -0.2) is 41.4 Å². The first kappa shape index (κ1) is 23.1. The van der Waals surface area contributed by atoms with Crippen molar-refractivity contribution in [2.24, 2.45) is 17.6 Å². The van der Waals surface area contributed by atoms with Crippen LogP contribution in [0.1, 0.15) is 63.4 Å². The highest BCUT2D eigenvalue weighted by Gasteiger charge is 2.44. The van der Waals surface area contributed by atoms with Gasteiger partial charge in [0.1, 0.15) is 5.82 Å². The minimum atomic E-state index is -1.25. The number of hydrogen-bond acceptors (Lipinski definition) is 3. The third-order valence-electron chi connectivity index (χ3n) is 7.48. The minimum Gasteiger partial charge on any atom is -0.354 e. The lowest BCUT2D eigenvalue weighted by Crippen LogP contribution is -2.49. The Hall–Kier alpha value is -2.09. The van der Waals surface area contributed by atoms with Gasteiger partial charge >= 0.3 is 0 Å². The van der Waals surface area contributed by atoms with E-state index in [4.69, 9.17) is 5.73 Å². The Balaban J connectivity index is 1.40. The molecule has 176 valence electrons. The van der Waals surface area contributed by atoms with E-state index in [0.29, 0.717) is 18.5 Å². The Morgan fingerprint density at radius 1 is 1.03 bits per heavy atom. The number of carbonyl (C=O) groups excluding carboxylic acids is 2. The van der Waals surface area contributed by atoms with E-state index in [-0.39, 0.29) is 48.2 Å². The monoisotopic (exact) mass is 451 g/mol. The summed E-state index contributed by atoms with van der Waals surface area (Å²) in [7, 11) is 0. The van der Waals surface area contributed by atoms with Gasteiger partial charge in [-0.25, -0.2) is 13.2 Å². The lowest BCUT2D eigenvalue weighted by atomic mass is 9.84. The summed E-state index contributed by atoms with van der Waals surface area (Å²) in [5.41, 5.74) is 6.10. The van der Waals surface area contributed by atoms with E-state index < -0.39 is 23.5 Å². The standard InChI is InChI=1S/C24H32F3N3O2/c25-19-12-21(27)20(26)10-16(19)8-17(28)11-23(31)30-18(9-15-4-1-2-7-22(15)30)13-29-24(32)14-5-3-6-14/h10,12,14-15,17-18,22H,1-9,11,13,28H2,(H,29,32)/t15-,17+,18-,22-/m0/s1. The average molecular weight is 452 g/mol. The second-order valence-electron chi connectivity index (χ2n) is 9.70. The van der Waals surface area contributed by atoms with Crippen LogP contribution in [0.15, 0.2) is 12.1 Å². The molecule has 8 heteroatoms. The number of carbonyl (C=O) groups is 2. The van der Waals surface area contributed by atoms with Crippen molar-refractivity contribution >= 4 is 11.8 Å². The van der Waals surface area contributed by atoms with Gasteiger partial charge in [-0.3, -0.25) is 9.59 Å². The molecule has 2 saturated carbocycles. The van der Waals surface area contributed by atoms with E-state index >= 15 is 0 Å². The Morgan fingerprint density at radius 3 is 2.47 bits per heavy atom. The summed E-state index contributed by atoms with van der Waals surface area (Å²) in [6.07, 6.45) is 8.00. The topological polar surface area (TPSA) is 75.4 Å². The van der Waals surface area contributed by atoms with Gasteiger partial charge in [-0.05, 0) is 56.1 Å². The summed E-state index contributed by atoms with van der Waals surface area (Å²) in [6.45, 7) is 0.446. The Morgan fingerprint density at radius 2 is 1.75 bits per heavy atom. The lowest BCUT2D eigenvalue weighted by molar-refractivity contribution is -0.136. The van der Waals surface area contributed by atoms with Gasteiger partial charge in [0.15, 0.2) is 11.6 Å². The molecule has 5 nitrogen and oxygen atoms in total. The van der Waals surface area contributed by atoms with Crippen molar-refractivity contribution in [2.45, 2.75) is 82.3 Å². The van der Waals surface area contributed by atoms with Crippen LogP contribution in [0.2, 0.25) is 0 Å². The van der Waals surface area contributed by atoms with Crippen molar-refractivity contribution in [3.63, 3.8) is 0 Å². The quantitative estimate of drug-likeness (QED) is 0.624. The summed E-state index contributed by atoms with van der Waals surface area (Å²) >= 11 is 0. The molecule has 0 spiro atoms. The largest absolute Gasteiger partial charge is 0.354 e. The molecule has 0 unspecified atom stereocenters. The van der Waals surface area contributed by atoms with Crippen molar-refractivity contribution in [2.75, 3.05) is 6.54 Å². The summed E-state index contributed by atoms with van der Waals surface area (Å²) in [5, 5.41) is 3.04. The molecule has 3 aliphatic rings. The zero-order valence-electron chi connectivity index (χ0n) is 18.3. The van der Waals surface area contributed by atoms with Gasteiger partial charge in [0, 0.05) is 43.1 Å². The van der Waals surface area contributed by atoms with Gasteiger partial charge in [-0.1, -0.05) is 19.3 Å². The molecule has 2 aliphatic carbocycles. The number of nitrogens with zero attached hydrogens (tertiary/aromatic N) is 1. The van der Waals surface area contributed by atoms with E-state index in [1.807, 2.05) is 4.90 Å². The number of halogens is 3. The number of nitrogens with two attached hydrogens (primary N) is 1. The maximum atomic E-state index is 14.0. The molecule has 1 saturated heterocycles. The molecule has 1 heterocycles. The van der Waals surface area contributed by atoms with Crippen molar-refractivity contribution in [1.29, 1.82) is 0 Å². The average Bonchev–Trinajstić information content (AvgIpc) is 3.07. The highest BCUT2D eigenvalue weighted by atomic mass is 19.2. The van der Waals surface area contributed by atoms with Gasteiger partial charge in [-0.15, -0.1) is 0 Å². The van der Waals surface area contributed by atoms with E-state index in [1.165, 1.54) is 0 Å². The molecule has 32 heavy (non-hydrogen) atoms. The first-order chi connectivity index (χ1) is 15.3. The summed E-state index contributed by atoms with van der Waals surface area (Å²) < 4.78 is 40.7. The fourth-order valence-electron chi connectivity index (χ4n) is 5.57. The number of nitrogens with one attached hydrogen (secondary N) is 1. The maximum absolute atomic E-state index is 14.0. The highest BCUT2D eigenvalue weighted by molar-refractivity contribution is 5.80. The predicted octanol–water partition coefficient (Wildman–Crippen LogP) is 3.44. The van der Waals surface area contributed by atoms with Crippen molar-refractivity contribution in [1.82, 2.24) is 10.2 Å². The van der Waals surface area contributed by atoms with Crippen molar-refractivity contribution in [3.8, 4) is 0 Å². The zero-order valence-corrected chi connectivity index (χ0v) is 18.3. The summed E-state index contributed by atoms with van der Waals surface area (Å²) in [4.78, 5) is 27.5. The smallest absolute Gasteiger partial charge is 0.224 e. The first-order valence-corrected chi connectivity index (χ1v) is 11.8. The summed E-state index contributed by atoms with van der Waals surface area (Å²) in [6, 6.07) is 0.684. The number of amides is 2. The van der Waals surface area contributed by atoms with Crippen LogP contribution in [-0.2, 0) is 16.0 Å². The van der Waals surface area contributed by atoms with Crippen LogP contribution < -0.4 is 11.1 Å². The molecule has 4 rings (SSSR count). The third-order valence-corrected chi connectivity index (χ3v) is 7.48. The fourth-order valence-corrected chi connectivity index (χ4v) is 5.57. The van der Waals surface area contributed by atoms with Gasteiger partial charge < -0.3 is 16.0 Å². The van der Waals surface area contributed by atoms with Crippen LogP contribution >= 0.6 is 0 Å². The van der Waals surface area contributed by atoms with Crippen molar-refractivity contribution < 1.29 is 22.8 Å². The number of fused-ring (bicyclic) bond motifs is 1. The first-order valence-electron chi connectivity index (χ1n) is 11.8. The van der Waals surface area contributed by atoms with Gasteiger partial charge in [0.25, 0.3) is 0 Å². The van der Waals surface area contributed by atoms with Gasteiger partial charge in [0.05, 0.1) is 0 Å². The molecule has 2 amide bonds. The molecule has 0 bridgehead atoms. The number of hydrogen-bond donors (Lipinski definition) is 2. The van der Waals surface area contributed by atoms with E-state index in [0.717, 1.165) is 57.4 Å². The molecule has 0 radical (unpaired) electrons. The molecular formula is C24H32F3N3O2. The van der Waals surface area contributed by atoms with Crippen LogP contribution in [0.5, 0.6) is 0 Å². The van der Waals surface area contributed by atoms with Gasteiger partial charge in [0.2, 0.25) is 11.8 Å². The molecule has 3 N–H and O–H groups in total. The fraction of sp³-hybridized carbons (Fsp3) is 0.667. The van der Waals surface area contributed by atoms with Crippen molar-refractivity contribution in [3.05, 3.63) is 35.1 Å². The third kappa shape index (κ3) is 4.95. The normalized spacial score (nSPS) is 26.4. The highest BCUT2D eigenvalue weighted by Crippen LogP contribution is 2.40. The van der Waals surface area contributed by atoms with E-state index in [9.17, 15) is 22.8 Å². The van der Waals surface area contributed by atoms with Gasteiger partial charge in [-0.2, -0.15) is 0 Å². The summed E-state index contributed by atoms with van der Waals surface area (Å²) in [5.74, 6) is -2.76. The van der Waals surface area contributed by atoms with Crippen LogP contribution in [0.4, 0.5) is 13.2 Å². The second-order valence-corrected chi connectivity index (χ2v) is 9.70. The molecule has 1 aromatic carbocycles. The second kappa shape index (κ2) is 9.81. The maximum Gasteiger partial charge on any atom is 0.224 e. The van der Waals surface area contributed by atoms with Crippen LogP contribution in [0, 0.1) is 29.3 Å². The van der Waals surface area contributed by atoms with E-state index in [1.54, 1.807) is 0 Å². The molecule has 0 aromatic heterocycles. The Labute approximate surface area is 186 Å². The number of likely N-dealkylation sites (tertiary alicyclic amines) is 1. The predicted molar refractivity (Wildman–Crippen MR) is 114 cm³/mol. The lowest BCUT2D eigenvalue weighted by Gasteiger charge is -2.35. The molecule has 4 atom stereocenters. The molecule has 3 fully saturated rings. The minimum absolute atomic E-state index is 0.00523. The Kier molecular flexibility index (Phi) is 7.08. The zero-order chi connectivity index (χ0) is 22.8. The number of rotatable bonds is 7. The SMILES string of the molecule is N[C@@H](CC(=O)N1[C@H](CNC(=O)C2CCC2)C[C@@H]2CCCC[C@@H]21)Cc1cc(F)c(F)cc1F. The van der Waals surface area contributed by atoms with Crippen LogP contribution in [0.3, 0.4) is 0 Å². The van der Waals surface area contributed by atoms with Crippen LogP contribution in [0.25, 0.3) is 0 Å².